The van der Waals surface area contributed by atoms with Crippen molar-refractivity contribution in [3.63, 3.8) is 0 Å². The first-order chi connectivity index (χ1) is 7.36. The zero-order chi connectivity index (χ0) is 10.5. The molecular formula is C12H12N2O. The van der Waals surface area contributed by atoms with Crippen LogP contribution in [0.15, 0.2) is 42.9 Å². The van der Waals surface area contributed by atoms with E-state index in [1.54, 1.807) is 18.6 Å². The van der Waals surface area contributed by atoms with Crippen molar-refractivity contribution in [1.82, 2.24) is 9.97 Å². The summed E-state index contributed by atoms with van der Waals surface area (Å²) in [6.45, 7) is 2.51. The van der Waals surface area contributed by atoms with Gasteiger partial charge in [0.05, 0.1) is 11.9 Å². The lowest BCUT2D eigenvalue weighted by atomic mass is 10.2. The van der Waals surface area contributed by atoms with E-state index in [0.29, 0.717) is 6.61 Å². The van der Waals surface area contributed by atoms with Crippen molar-refractivity contribution in [2.24, 2.45) is 0 Å². The SMILES string of the molecule is Cc1cccnc1COc1cccnc1. The van der Waals surface area contributed by atoms with Crippen LogP contribution in [-0.4, -0.2) is 9.97 Å². The molecule has 0 spiro atoms. The van der Waals surface area contributed by atoms with Gasteiger partial charge >= 0.3 is 0 Å². The molecule has 76 valence electrons. The molecule has 2 aromatic rings. The average Bonchev–Trinajstić information content (AvgIpc) is 2.29. The monoisotopic (exact) mass is 200 g/mol. The highest BCUT2D eigenvalue weighted by Gasteiger charge is 1.99. The highest BCUT2D eigenvalue weighted by molar-refractivity contribution is 5.19. The molecule has 0 N–H and O–H groups in total. The molecule has 2 heterocycles. The molecule has 0 aliphatic rings. The van der Waals surface area contributed by atoms with Gasteiger partial charge in [0.25, 0.3) is 0 Å². The van der Waals surface area contributed by atoms with Crippen molar-refractivity contribution >= 4 is 0 Å². The largest absolute Gasteiger partial charge is 0.486 e. The van der Waals surface area contributed by atoms with Gasteiger partial charge in [-0.3, -0.25) is 9.97 Å². The zero-order valence-electron chi connectivity index (χ0n) is 8.55. The maximum Gasteiger partial charge on any atom is 0.138 e. The molecule has 3 heteroatoms. The second-order valence-electron chi connectivity index (χ2n) is 3.24. The number of pyridine rings is 2. The number of hydrogen-bond donors (Lipinski definition) is 0. The van der Waals surface area contributed by atoms with E-state index in [4.69, 9.17) is 4.74 Å². The van der Waals surface area contributed by atoms with E-state index >= 15 is 0 Å². The van der Waals surface area contributed by atoms with Crippen LogP contribution in [0.1, 0.15) is 11.3 Å². The van der Waals surface area contributed by atoms with Crippen LogP contribution in [0.5, 0.6) is 5.75 Å². The smallest absolute Gasteiger partial charge is 0.138 e. The second-order valence-corrected chi connectivity index (χ2v) is 3.24. The molecule has 0 fully saturated rings. The molecule has 0 amide bonds. The molecule has 0 atom stereocenters. The molecule has 3 nitrogen and oxygen atoms in total. The first-order valence-corrected chi connectivity index (χ1v) is 4.79. The molecule has 0 aromatic carbocycles. The summed E-state index contributed by atoms with van der Waals surface area (Å²) in [5, 5.41) is 0. The molecule has 15 heavy (non-hydrogen) atoms. The van der Waals surface area contributed by atoms with E-state index in [0.717, 1.165) is 17.0 Å². The Hall–Kier alpha value is -1.90. The Balaban J connectivity index is 2.03. The van der Waals surface area contributed by atoms with Gasteiger partial charge in [0.1, 0.15) is 12.4 Å². The fourth-order valence-corrected chi connectivity index (χ4v) is 1.25. The molecule has 0 saturated carbocycles. The lowest BCUT2D eigenvalue weighted by Gasteiger charge is -2.06. The van der Waals surface area contributed by atoms with Gasteiger partial charge in [-0.2, -0.15) is 0 Å². The summed E-state index contributed by atoms with van der Waals surface area (Å²) in [5.41, 5.74) is 2.10. The molecule has 0 radical (unpaired) electrons. The summed E-state index contributed by atoms with van der Waals surface area (Å²) in [6, 6.07) is 7.67. The van der Waals surface area contributed by atoms with Crippen LogP contribution in [0, 0.1) is 6.92 Å². The molecule has 0 bridgehead atoms. The van der Waals surface area contributed by atoms with Gasteiger partial charge in [0, 0.05) is 12.4 Å². The van der Waals surface area contributed by atoms with Crippen LogP contribution >= 0.6 is 0 Å². The van der Waals surface area contributed by atoms with Crippen molar-refractivity contribution < 1.29 is 4.74 Å². The number of aryl methyl sites for hydroxylation is 1. The Kier molecular flexibility index (Phi) is 2.93. The van der Waals surface area contributed by atoms with Crippen LogP contribution in [-0.2, 0) is 6.61 Å². The minimum atomic E-state index is 0.484. The number of hydrogen-bond acceptors (Lipinski definition) is 3. The molecule has 2 rings (SSSR count). The fraction of sp³-hybridized carbons (Fsp3) is 0.167. The Bertz CT molecular complexity index is 429. The van der Waals surface area contributed by atoms with Crippen LogP contribution in [0.4, 0.5) is 0 Å². The number of ether oxygens (including phenoxy) is 1. The topological polar surface area (TPSA) is 35.0 Å². The summed E-state index contributed by atoms with van der Waals surface area (Å²) in [4.78, 5) is 8.22. The van der Waals surface area contributed by atoms with Gasteiger partial charge in [-0.1, -0.05) is 6.07 Å². The summed E-state index contributed by atoms with van der Waals surface area (Å²) < 4.78 is 5.55. The number of aromatic nitrogens is 2. The third-order valence-corrected chi connectivity index (χ3v) is 2.13. The van der Waals surface area contributed by atoms with Crippen molar-refractivity contribution in [1.29, 1.82) is 0 Å². The third kappa shape index (κ3) is 2.53. The maximum atomic E-state index is 5.55. The summed E-state index contributed by atoms with van der Waals surface area (Å²) in [5.74, 6) is 0.766. The van der Waals surface area contributed by atoms with E-state index in [1.165, 1.54) is 0 Å². The lowest BCUT2D eigenvalue weighted by molar-refractivity contribution is 0.299. The van der Waals surface area contributed by atoms with E-state index in [-0.39, 0.29) is 0 Å². The number of nitrogens with zero attached hydrogens (tertiary/aromatic N) is 2. The van der Waals surface area contributed by atoms with Gasteiger partial charge < -0.3 is 4.74 Å². The molecular weight excluding hydrogens is 188 g/mol. The van der Waals surface area contributed by atoms with Crippen LogP contribution in [0.3, 0.4) is 0 Å². The highest BCUT2D eigenvalue weighted by Crippen LogP contribution is 2.10. The molecule has 0 unspecified atom stereocenters. The van der Waals surface area contributed by atoms with Gasteiger partial charge in [-0.25, -0.2) is 0 Å². The minimum absolute atomic E-state index is 0.484. The fourth-order valence-electron chi connectivity index (χ4n) is 1.25. The van der Waals surface area contributed by atoms with Crippen molar-refractivity contribution in [2.45, 2.75) is 13.5 Å². The Morgan fingerprint density at radius 3 is 2.80 bits per heavy atom. The van der Waals surface area contributed by atoms with Gasteiger partial charge in [-0.05, 0) is 30.7 Å². The summed E-state index contributed by atoms with van der Waals surface area (Å²) in [7, 11) is 0. The summed E-state index contributed by atoms with van der Waals surface area (Å²) >= 11 is 0. The van der Waals surface area contributed by atoms with Crippen molar-refractivity contribution in [3.05, 3.63) is 54.1 Å². The van der Waals surface area contributed by atoms with Gasteiger partial charge in [-0.15, -0.1) is 0 Å². The Morgan fingerprint density at radius 1 is 1.20 bits per heavy atom. The maximum absolute atomic E-state index is 5.55. The normalized spacial score (nSPS) is 9.93. The quantitative estimate of drug-likeness (QED) is 0.762. The molecule has 2 aromatic heterocycles. The number of rotatable bonds is 3. The molecule has 0 aliphatic heterocycles. The molecule has 0 saturated heterocycles. The highest BCUT2D eigenvalue weighted by atomic mass is 16.5. The van der Waals surface area contributed by atoms with Crippen LogP contribution in [0.25, 0.3) is 0 Å². The first kappa shape index (κ1) is 9.65. The zero-order valence-corrected chi connectivity index (χ0v) is 8.55. The van der Waals surface area contributed by atoms with Crippen molar-refractivity contribution in [3.8, 4) is 5.75 Å². The molecule has 0 aliphatic carbocycles. The standard InChI is InChI=1S/C12H12N2O/c1-10-4-2-7-14-12(10)9-15-11-5-3-6-13-8-11/h2-8H,9H2,1H3. The predicted octanol–water partition coefficient (Wildman–Crippen LogP) is 2.36. The first-order valence-electron chi connectivity index (χ1n) is 4.79. The van der Waals surface area contributed by atoms with Crippen LogP contribution < -0.4 is 4.74 Å². The van der Waals surface area contributed by atoms with Gasteiger partial charge in [0.2, 0.25) is 0 Å². The average molecular weight is 200 g/mol. The van der Waals surface area contributed by atoms with Gasteiger partial charge in [0.15, 0.2) is 0 Å². The van der Waals surface area contributed by atoms with Crippen LogP contribution in [0.2, 0.25) is 0 Å². The minimum Gasteiger partial charge on any atom is -0.486 e. The van der Waals surface area contributed by atoms with E-state index in [9.17, 15) is 0 Å². The Labute approximate surface area is 88.8 Å². The second kappa shape index (κ2) is 4.55. The predicted molar refractivity (Wildman–Crippen MR) is 57.5 cm³/mol. The van der Waals surface area contributed by atoms with E-state index in [2.05, 4.69) is 9.97 Å². The lowest BCUT2D eigenvalue weighted by Crippen LogP contribution is -2.00. The van der Waals surface area contributed by atoms with Crippen molar-refractivity contribution in [2.75, 3.05) is 0 Å². The summed E-state index contributed by atoms with van der Waals surface area (Å²) in [6.07, 6.45) is 5.19. The Morgan fingerprint density at radius 2 is 2.07 bits per heavy atom. The third-order valence-electron chi connectivity index (χ3n) is 2.13. The van der Waals surface area contributed by atoms with E-state index in [1.807, 2.05) is 31.2 Å². The van der Waals surface area contributed by atoms with E-state index < -0.39 is 0 Å².